The van der Waals surface area contributed by atoms with Crippen LogP contribution in [-0.2, 0) is 0 Å². The molecule has 0 saturated carbocycles. The second-order valence-electron chi connectivity index (χ2n) is 4.74. The number of hydrogen-bond donors (Lipinski definition) is 0. The van der Waals surface area contributed by atoms with Crippen molar-refractivity contribution in [3.8, 4) is 0 Å². The minimum atomic E-state index is -0.0619. The molecule has 18 heavy (non-hydrogen) atoms. The number of halogens is 2. The number of benzene rings is 1. The van der Waals surface area contributed by atoms with E-state index in [-0.39, 0.29) is 5.38 Å². The Morgan fingerprint density at radius 3 is 2.06 bits per heavy atom. The molecular formula is C15H16BrClS. The summed E-state index contributed by atoms with van der Waals surface area (Å²) in [6.45, 7) is 8.53. The molecule has 3 heteroatoms. The van der Waals surface area contributed by atoms with Gasteiger partial charge in [0.15, 0.2) is 0 Å². The van der Waals surface area contributed by atoms with Crippen molar-refractivity contribution in [3.05, 3.63) is 54.7 Å². The van der Waals surface area contributed by atoms with E-state index in [0.29, 0.717) is 0 Å². The van der Waals surface area contributed by atoms with Gasteiger partial charge in [0.05, 0.1) is 9.16 Å². The molecule has 0 amide bonds. The van der Waals surface area contributed by atoms with Crippen LogP contribution >= 0.6 is 38.9 Å². The van der Waals surface area contributed by atoms with Gasteiger partial charge < -0.3 is 0 Å². The maximum atomic E-state index is 6.70. The van der Waals surface area contributed by atoms with Crippen molar-refractivity contribution in [2.24, 2.45) is 0 Å². The van der Waals surface area contributed by atoms with Crippen LogP contribution in [0.2, 0.25) is 0 Å². The first-order valence-corrected chi connectivity index (χ1v) is 7.92. The van der Waals surface area contributed by atoms with Crippen LogP contribution in [0.5, 0.6) is 0 Å². The molecule has 0 aliphatic heterocycles. The monoisotopic (exact) mass is 342 g/mol. The predicted molar refractivity (Wildman–Crippen MR) is 85.1 cm³/mol. The molecule has 1 heterocycles. The van der Waals surface area contributed by atoms with E-state index in [1.807, 2.05) is 0 Å². The van der Waals surface area contributed by atoms with E-state index < -0.39 is 0 Å². The van der Waals surface area contributed by atoms with Gasteiger partial charge in [-0.15, -0.1) is 22.9 Å². The van der Waals surface area contributed by atoms with Gasteiger partial charge >= 0.3 is 0 Å². The van der Waals surface area contributed by atoms with Crippen LogP contribution < -0.4 is 0 Å². The Bertz CT molecular complexity index is 563. The fourth-order valence-electron chi connectivity index (χ4n) is 2.46. The minimum Gasteiger partial charge on any atom is -0.133 e. The molecule has 1 aromatic carbocycles. The number of thiophene rings is 1. The van der Waals surface area contributed by atoms with E-state index in [0.717, 1.165) is 3.79 Å². The van der Waals surface area contributed by atoms with Gasteiger partial charge in [0.25, 0.3) is 0 Å². The van der Waals surface area contributed by atoms with Crippen molar-refractivity contribution in [3.63, 3.8) is 0 Å². The van der Waals surface area contributed by atoms with Gasteiger partial charge in [0, 0.05) is 4.88 Å². The molecule has 2 rings (SSSR count). The van der Waals surface area contributed by atoms with E-state index in [1.54, 1.807) is 11.3 Å². The van der Waals surface area contributed by atoms with Crippen molar-refractivity contribution in [2.45, 2.75) is 33.1 Å². The molecule has 0 nitrogen and oxygen atoms in total. The number of hydrogen-bond acceptors (Lipinski definition) is 1. The van der Waals surface area contributed by atoms with Gasteiger partial charge in [-0.1, -0.05) is 17.7 Å². The molecule has 0 fully saturated rings. The number of rotatable bonds is 2. The van der Waals surface area contributed by atoms with Crippen molar-refractivity contribution >= 4 is 38.9 Å². The zero-order valence-corrected chi connectivity index (χ0v) is 14.1. The largest absolute Gasteiger partial charge is 0.133 e. The number of alkyl halides is 1. The summed E-state index contributed by atoms with van der Waals surface area (Å²) >= 11 is 12.0. The lowest BCUT2D eigenvalue weighted by atomic mass is 9.94. The first-order chi connectivity index (χ1) is 8.40. The second-order valence-corrected chi connectivity index (χ2v) is 7.81. The highest BCUT2D eigenvalue weighted by Gasteiger charge is 2.19. The summed E-state index contributed by atoms with van der Waals surface area (Å²) in [6, 6.07) is 6.54. The minimum absolute atomic E-state index is 0.0619. The van der Waals surface area contributed by atoms with Gasteiger partial charge in [0.2, 0.25) is 0 Å². The zero-order chi connectivity index (χ0) is 13.4. The van der Waals surface area contributed by atoms with Gasteiger partial charge in [-0.2, -0.15) is 0 Å². The van der Waals surface area contributed by atoms with Crippen LogP contribution in [-0.4, -0.2) is 0 Å². The third kappa shape index (κ3) is 2.66. The smallest absolute Gasteiger partial charge is 0.0851 e. The highest BCUT2D eigenvalue weighted by Crippen LogP contribution is 2.39. The third-order valence-electron chi connectivity index (χ3n) is 3.19. The molecule has 0 bridgehead atoms. The molecule has 1 unspecified atom stereocenters. The normalized spacial score (nSPS) is 12.8. The van der Waals surface area contributed by atoms with Crippen LogP contribution in [0, 0.1) is 27.7 Å². The fourth-order valence-corrected chi connectivity index (χ4v) is 4.84. The lowest BCUT2D eigenvalue weighted by Gasteiger charge is -2.17. The average Bonchev–Trinajstić information content (AvgIpc) is 2.56. The summed E-state index contributed by atoms with van der Waals surface area (Å²) < 4.78 is 1.14. The van der Waals surface area contributed by atoms with E-state index >= 15 is 0 Å². The average molecular weight is 344 g/mol. The Kier molecular flexibility index (Phi) is 4.20. The lowest BCUT2D eigenvalue weighted by molar-refractivity contribution is 1.07. The summed E-state index contributed by atoms with van der Waals surface area (Å²) in [7, 11) is 0. The molecule has 0 saturated heterocycles. The van der Waals surface area contributed by atoms with E-state index in [2.05, 4.69) is 61.8 Å². The highest BCUT2D eigenvalue weighted by molar-refractivity contribution is 9.11. The fraction of sp³-hybridized carbons (Fsp3) is 0.333. The Morgan fingerprint density at radius 2 is 1.61 bits per heavy atom. The lowest BCUT2D eigenvalue weighted by Crippen LogP contribution is -2.00. The topological polar surface area (TPSA) is 0 Å². The van der Waals surface area contributed by atoms with Gasteiger partial charge in [-0.25, -0.2) is 0 Å². The summed E-state index contributed by atoms with van der Waals surface area (Å²) in [6.07, 6.45) is 0. The summed E-state index contributed by atoms with van der Waals surface area (Å²) in [5, 5.41) is -0.0619. The second kappa shape index (κ2) is 5.36. The zero-order valence-electron chi connectivity index (χ0n) is 11.0. The maximum Gasteiger partial charge on any atom is 0.0851 e. The number of aryl methyl sites for hydroxylation is 4. The first-order valence-electron chi connectivity index (χ1n) is 5.87. The van der Waals surface area contributed by atoms with Crippen LogP contribution in [0.4, 0.5) is 0 Å². The molecule has 96 valence electrons. The van der Waals surface area contributed by atoms with Crippen molar-refractivity contribution in [1.82, 2.24) is 0 Å². The van der Waals surface area contributed by atoms with Crippen LogP contribution in [0.25, 0.3) is 0 Å². The Hall–Kier alpha value is -0.310. The third-order valence-corrected chi connectivity index (χ3v) is 5.21. The Balaban J connectivity index is 2.52. The molecule has 0 spiro atoms. The summed E-state index contributed by atoms with van der Waals surface area (Å²) in [5.74, 6) is 0. The summed E-state index contributed by atoms with van der Waals surface area (Å²) in [5.41, 5.74) is 6.29. The molecule has 2 aromatic rings. The summed E-state index contributed by atoms with van der Waals surface area (Å²) in [4.78, 5) is 1.28. The molecule has 1 aromatic heterocycles. The molecule has 0 aliphatic rings. The van der Waals surface area contributed by atoms with E-state index in [1.165, 1.54) is 32.7 Å². The Labute approximate surface area is 126 Å². The van der Waals surface area contributed by atoms with Crippen molar-refractivity contribution in [1.29, 1.82) is 0 Å². The molecule has 1 atom stereocenters. The predicted octanol–water partition coefficient (Wildman–Crippen LogP) is 6.07. The quantitative estimate of drug-likeness (QED) is 0.580. The highest BCUT2D eigenvalue weighted by atomic mass is 79.9. The molecule has 0 radical (unpaired) electrons. The van der Waals surface area contributed by atoms with Crippen molar-refractivity contribution in [2.75, 3.05) is 0 Å². The van der Waals surface area contributed by atoms with Gasteiger partial charge in [-0.05, 0) is 71.9 Å². The Morgan fingerprint density at radius 1 is 1.06 bits per heavy atom. The van der Waals surface area contributed by atoms with Gasteiger partial charge in [-0.3, -0.25) is 0 Å². The molecular weight excluding hydrogens is 328 g/mol. The first kappa shape index (κ1) is 14.1. The van der Waals surface area contributed by atoms with E-state index in [9.17, 15) is 0 Å². The van der Waals surface area contributed by atoms with Crippen LogP contribution in [0.15, 0.2) is 22.0 Å². The standard InChI is InChI=1S/C15H16BrClS/c1-8-5-9(2)14(10(3)6-8)15(17)12-7-13(16)18-11(12)4/h5-7,15H,1-4H3. The van der Waals surface area contributed by atoms with Crippen molar-refractivity contribution < 1.29 is 0 Å². The van der Waals surface area contributed by atoms with E-state index in [4.69, 9.17) is 11.6 Å². The van der Waals surface area contributed by atoms with Gasteiger partial charge in [0.1, 0.15) is 0 Å². The van der Waals surface area contributed by atoms with Crippen LogP contribution in [0.1, 0.15) is 38.1 Å². The maximum absolute atomic E-state index is 6.70. The SMILES string of the molecule is Cc1cc(C)c(C(Cl)c2cc(Br)sc2C)c(C)c1. The molecule has 0 aliphatic carbocycles. The van der Waals surface area contributed by atoms with Crippen LogP contribution in [0.3, 0.4) is 0 Å². The molecule has 0 N–H and O–H groups in total.